The molecule has 23 heavy (non-hydrogen) atoms. The van der Waals surface area contributed by atoms with E-state index in [-0.39, 0.29) is 6.61 Å². The van der Waals surface area contributed by atoms with Crippen molar-refractivity contribution in [2.45, 2.75) is 45.1 Å². The second kappa shape index (κ2) is 9.86. The topological polar surface area (TPSA) is 35.5 Å². The summed E-state index contributed by atoms with van der Waals surface area (Å²) < 4.78 is 0. The molecule has 128 valence electrons. The molecule has 0 amide bonds. The molecule has 1 aromatic carbocycles. The summed E-state index contributed by atoms with van der Waals surface area (Å²) in [6.07, 6.45) is 5.59. The van der Waals surface area contributed by atoms with Crippen molar-refractivity contribution in [1.29, 1.82) is 0 Å². The summed E-state index contributed by atoms with van der Waals surface area (Å²) in [5.74, 6) is 0.407. The largest absolute Gasteiger partial charge is 0.396 e. The Bertz CT molecular complexity index is 460. The highest BCUT2D eigenvalue weighted by Gasteiger charge is 2.19. The van der Waals surface area contributed by atoms with E-state index in [1.807, 2.05) is 0 Å². The van der Waals surface area contributed by atoms with E-state index in [1.54, 1.807) is 0 Å². The van der Waals surface area contributed by atoms with Crippen LogP contribution in [0.15, 0.2) is 42.0 Å². The van der Waals surface area contributed by atoms with Gasteiger partial charge in [0.1, 0.15) is 0 Å². The van der Waals surface area contributed by atoms with Gasteiger partial charge < -0.3 is 10.4 Å². The highest BCUT2D eigenvalue weighted by atomic mass is 16.3. The summed E-state index contributed by atoms with van der Waals surface area (Å²) in [6.45, 7) is 8.99. The van der Waals surface area contributed by atoms with E-state index >= 15 is 0 Å². The molecule has 1 aromatic rings. The Labute approximate surface area is 141 Å². The van der Waals surface area contributed by atoms with Crippen molar-refractivity contribution in [2.75, 3.05) is 32.8 Å². The van der Waals surface area contributed by atoms with Crippen LogP contribution < -0.4 is 5.32 Å². The van der Waals surface area contributed by atoms with E-state index < -0.39 is 0 Å². The summed E-state index contributed by atoms with van der Waals surface area (Å²) in [7, 11) is 0. The highest BCUT2D eigenvalue weighted by molar-refractivity contribution is 5.19. The maximum atomic E-state index is 9.33. The fourth-order valence-corrected chi connectivity index (χ4v) is 3.21. The molecule has 0 spiro atoms. The van der Waals surface area contributed by atoms with Crippen molar-refractivity contribution in [3.05, 3.63) is 47.5 Å². The molecule has 1 fully saturated rings. The third-order valence-electron chi connectivity index (χ3n) is 4.75. The molecule has 2 rings (SSSR count). The number of hydrogen-bond acceptors (Lipinski definition) is 3. The molecule has 1 saturated heterocycles. The normalized spacial score (nSPS) is 17.9. The van der Waals surface area contributed by atoms with E-state index in [1.165, 1.54) is 37.1 Å². The minimum atomic E-state index is 0.252. The van der Waals surface area contributed by atoms with Gasteiger partial charge in [-0.3, -0.25) is 4.90 Å². The fourth-order valence-electron chi connectivity index (χ4n) is 3.21. The van der Waals surface area contributed by atoms with Crippen LogP contribution in [0.2, 0.25) is 0 Å². The first-order chi connectivity index (χ1) is 11.2. The van der Waals surface area contributed by atoms with E-state index in [4.69, 9.17) is 0 Å². The van der Waals surface area contributed by atoms with Crippen molar-refractivity contribution < 1.29 is 5.11 Å². The average Bonchev–Trinajstić information content (AvgIpc) is 2.58. The van der Waals surface area contributed by atoms with Gasteiger partial charge >= 0.3 is 0 Å². The quantitative estimate of drug-likeness (QED) is 0.723. The van der Waals surface area contributed by atoms with Gasteiger partial charge in [0.2, 0.25) is 0 Å². The smallest absolute Gasteiger partial charge is 0.0437 e. The van der Waals surface area contributed by atoms with Gasteiger partial charge in [-0.15, -0.1) is 0 Å². The van der Waals surface area contributed by atoms with Crippen LogP contribution >= 0.6 is 0 Å². The molecule has 0 radical (unpaired) electrons. The molecule has 1 aliphatic rings. The van der Waals surface area contributed by atoms with Crippen LogP contribution in [0, 0.1) is 0 Å². The zero-order valence-electron chi connectivity index (χ0n) is 14.7. The van der Waals surface area contributed by atoms with Crippen LogP contribution in [-0.4, -0.2) is 48.8 Å². The lowest BCUT2D eigenvalue weighted by Crippen LogP contribution is -2.43. The van der Waals surface area contributed by atoms with Gasteiger partial charge in [-0.2, -0.15) is 0 Å². The molecular weight excluding hydrogens is 284 g/mol. The molecule has 3 nitrogen and oxygen atoms in total. The molecule has 0 bridgehead atoms. The van der Waals surface area contributed by atoms with E-state index in [2.05, 4.69) is 60.5 Å². The number of rotatable bonds is 8. The third kappa shape index (κ3) is 6.46. The number of hydrogen-bond donors (Lipinski definition) is 2. The van der Waals surface area contributed by atoms with Gasteiger partial charge in [-0.25, -0.2) is 0 Å². The van der Waals surface area contributed by atoms with Gasteiger partial charge in [-0.1, -0.05) is 42.0 Å². The maximum absolute atomic E-state index is 9.33. The molecule has 1 heterocycles. The average molecular weight is 316 g/mol. The van der Waals surface area contributed by atoms with Gasteiger partial charge in [0.25, 0.3) is 0 Å². The van der Waals surface area contributed by atoms with Crippen molar-refractivity contribution >= 4 is 0 Å². The molecule has 2 N–H and O–H groups in total. The van der Waals surface area contributed by atoms with Gasteiger partial charge in [-0.05, 0) is 57.7 Å². The Morgan fingerprint density at radius 1 is 1.26 bits per heavy atom. The first-order valence-electron chi connectivity index (χ1n) is 8.94. The summed E-state index contributed by atoms with van der Waals surface area (Å²) in [6, 6.07) is 11.2. The Balaban J connectivity index is 1.76. The summed E-state index contributed by atoms with van der Waals surface area (Å²) in [5, 5.41) is 13.1. The zero-order chi connectivity index (χ0) is 16.5. The molecule has 0 saturated carbocycles. The van der Waals surface area contributed by atoms with Crippen LogP contribution in [0.3, 0.4) is 0 Å². The number of allylic oxidation sites excluding steroid dienone is 1. The minimum absolute atomic E-state index is 0.252. The molecule has 0 aliphatic carbocycles. The van der Waals surface area contributed by atoms with Gasteiger partial charge in [0, 0.05) is 25.7 Å². The predicted molar refractivity (Wildman–Crippen MR) is 97.8 cm³/mol. The zero-order valence-corrected chi connectivity index (χ0v) is 14.7. The van der Waals surface area contributed by atoms with Crippen molar-refractivity contribution in [2.24, 2.45) is 0 Å². The Morgan fingerprint density at radius 2 is 1.96 bits per heavy atom. The molecule has 1 unspecified atom stereocenters. The molecule has 0 aromatic heterocycles. The van der Waals surface area contributed by atoms with Crippen LogP contribution in [0.4, 0.5) is 0 Å². The predicted octanol–water partition coefficient (Wildman–Crippen LogP) is 3.17. The van der Waals surface area contributed by atoms with Gasteiger partial charge in [0.15, 0.2) is 0 Å². The maximum Gasteiger partial charge on any atom is 0.0437 e. The van der Waals surface area contributed by atoms with Gasteiger partial charge in [0.05, 0.1) is 0 Å². The lowest BCUT2D eigenvalue weighted by molar-refractivity contribution is 0.210. The summed E-state index contributed by atoms with van der Waals surface area (Å²) in [4.78, 5) is 2.54. The fraction of sp³-hybridized carbons (Fsp3) is 0.600. The summed E-state index contributed by atoms with van der Waals surface area (Å²) in [5.41, 5.74) is 2.73. The number of aliphatic hydroxyl groups is 1. The number of benzene rings is 1. The number of nitrogens with one attached hydrogen (secondary N) is 1. The first-order valence-corrected chi connectivity index (χ1v) is 8.94. The van der Waals surface area contributed by atoms with E-state index in [0.717, 1.165) is 19.5 Å². The van der Waals surface area contributed by atoms with Crippen LogP contribution in [0.1, 0.15) is 44.6 Å². The lowest BCUT2D eigenvalue weighted by Gasteiger charge is -2.32. The second-order valence-corrected chi connectivity index (χ2v) is 6.88. The van der Waals surface area contributed by atoms with Crippen molar-refractivity contribution in [1.82, 2.24) is 10.2 Å². The Kier molecular flexibility index (Phi) is 7.80. The Morgan fingerprint density at radius 3 is 2.57 bits per heavy atom. The number of piperidine rings is 1. The lowest BCUT2D eigenvalue weighted by atomic mass is 9.95. The van der Waals surface area contributed by atoms with Crippen molar-refractivity contribution in [3.8, 4) is 0 Å². The summed E-state index contributed by atoms with van der Waals surface area (Å²) >= 11 is 0. The molecule has 1 aliphatic heterocycles. The third-order valence-corrected chi connectivity index (χ3v) is 4.75. The number of aliphatic hydroxyl groups excluding tert-OH is 1. The van der Waals surface area contributed by atoms with E-state index in [9.17, 15) is 5.11 Å². The first kappa shape index (κ1) is 18.2. The second-order valence-electron chi connectivity index (χ2n) is 6.88. The number of nitrogens with zero attached hydrogens (tertiary/aromatic N) is 1. The number of likely N-dealkylation sites (tertiary alicyclic amines) is 1. The molecular formula is C20H32N2O. The highest BCUT2D eigenvalue weighted by Crippen LogP contribution is 2.19. The standard InChI is InChI=1S/C20H32N2O/c1-17(2)8-12-22-13-9-20(10-14-22)21-16-19(11-15-23)18-6-4-3-5-7-18/h3-8,19-21,23H,9-16H2,1-2H3. The van der Waals surface area contributed by atoms with E-state index in [0.29, 0.717) is 12.0 Å². The van der Waals surface area contributed by atoms with Crippen LogP contribution in [0.5, 0.6) is 0 Å². The van der Waals surface area contributed by atoms with Crippen LogP contribution in [0.25, 0.3) is 0 Å². The molecule has 1 atom stereocenters. The Hall–Kier alpha value is -1.16. The minimum Gasteiger partial charge on any atom is -0.396 e. The monoisotopic (exact) mass is 316 g/mol. The molecule has 3 heteroatoms. The van der Waals surface area contributed by atoms with Crippen molar-refractivity contribution in [3.63, 3.8) is 0 Å². The SMILES string of the molecule is CC(C)=CCN1CCC(NCC(CCO)c2ccccc2)CC1. The van der Waals surface area contributed by atoms with Crippen LogP contribution in [-0.2, 0) is 0 Å².